The van der Waals surface area contributed by atoms with Gasteiger partial charge in [-0.1, -0.05) is 18.2 Å². The summed E-state index contributed by atoms with van der Waals surface area (Å²) >= 11 is 0. The minimum absolute atomic E-state index is 0.420. The molecule has 0 spiro atoms. The third-order valence-corrected chi connectivity index (χ3v) is 4.73. The first kappa shape index (κ1) is 11.0. The van der Waals surface area contributed by atoms with E-state index in [0.29, 0.717) is 17.4 Å². The molecule has 2 bridgehead atoms. The second-order valence-corrected chi connectivity index (χ2v) is 5.77. The van der Waals surface area contributed by atoms with Crippen LogP contribution in [0.15, 0.2) is 18.2 Å². The molecule has 1 fully saturated rings. The molecular formula is C16H15NO2. The van der Waals surface area contributed by atoms with Crippen molar-refractivity contribution >= 4 is 16.9 Å². The third kappa shape index (κ3) is 1.33. The molecule has 4 rings (SSSR count). The SMILES string of the molecule is Cc1cccc2c(C(=O)O)c3c(nc12)C1CCC3C1. The van der Waals surface area contributed by atoms with E-state index in [4.69, 9.17) is 4.98 Å². The van der Waals surface area contributed by atoms with Gasteiger partial charge in [0.05, 0.1) is 11.1 Å². The van der Waals surface area contributed by atoms with Crippen molar-refractivity contribution in [1.29, 1.82) is 0 Å². The summed E-state index contributed by atoms with van der Waals surface area (Å²) in [4.78, 5) is 16.6. The van der Waals surface area contributed by atoms with Gasteiger partial charge < -0.3 is 5.11 Å². The van der Waals surface area contributed by atoms with Crippen LogP contribution in [0, 0.1) is 6.92 Å². The van der Waals surface area contributed by atoms with Gasteiger partial charge >= 0.3 is 5.97 Å². The summed E-state index contributed by atoms with van der Waals surface area (Å²) in [5.74, 6) is 0.104. The number of benzene rings is 1. The summed E-state index contributed by atoms with van der Waals surface area (Å²) in [6, 6.07) is 5.82. The van der Waals surface area contributed by atoms with Crippen molar-refractivity contribution in [3.63, 3.8) is 0 Å². The van der Waals surface area contributed by atoms with Gasteiger partial charge in [-0.3, -0.25) is 4.98 Å². The predicted octanol–water partition coefficient (Wildman–Crippen LogP) is 3.61. The number of rotatable bonds is 1. The van der Waals surface area contributed by atoms with Crippen molar-refractivity contribution in [2.24, 2.45) is 0 Å². The van der Waals surface area contributed by atoms with Gasteiger partial charge in [-0.05, 0) is 43.2 Å². The van der Waals surface area contributed by atoms with Gasteiger partial charge in [-0.25, -0.2) is 4.79 Å². The second kappa shape index (κ2) is 3.56. The summed E-state index contributed by atoms with van der Waals surface area (Å²) in [6.07, 6.45) is 3.38. The second-order valence-electron chi connectivity index (χ2n) is 5.77. The van der Waals surface area contributed by atoms with E-state index < -0.39 is 5.97 Å². The van der Waals surface area contributed by atoms with Gasteiger partial charge in [0, 0.05) is 17.0 Å². The third-order valence-electron chi connectivity index (χ3n) is 4.73. The highest BCUT2D eigenvalue weighted by Crippen LogP contribution is 2.54. The fourth-order valence-electron chi connectivity index (χ4n) is 3.91. The Morgan fingerprint density at radius 2 is 2.11 bits per heavy atom. The average molecular weight is 253 g/mol. The molecule has 2 aliphatic carbocycles. The number of carbonyl (C=O) groups is 1. The number of aryl methyl sites for hydroxylation is 1. The first-order valence-corrected chi connectivity index (χ1v) is 6.83. The fourth-order valence-corrected chi connectivity index (χ4v) is 3.91. The van der Waals surface area contributed by atoms with Gasteiger partial charge in [0.15, 0.2) is 0 Å². The van der Waals surface area contributed by atoms with Crippen molar-refractivity contribution in [2.45, 2.75) is 38.0 Å². The maximum absolute atomic E-state index is 11.7. The molecule has 1 N–H and O–H groups in total. The number of aromatic carboxylic acids is 1. The fraction of sp³-hybridized carbons (Fsp3) is 0.375. The highest BCUT2D eigenvalue weighted by Gasteiger charge is 2.41. The molecule has 19 heavy (non-hydrogen) atoms. The number of carboxylic acids is 1. The Kier molecular flexibility index (Phi) is 2.06. The van der Waals surface area contributed by atoms with E-state index >= 15 is 0 Å². The van der Waals surface area contributed by atoms with Gasteiger partial charge in [-0.15, -0.1) is 0 Å². The molecule has 0 saturated heterocycles. The molecule has 0 amide bonds. The quantitative estimate of drug-likeness (QED) is 0.844. The van der Waals surface area contributed by atoms with Crippen LogP contribution in [-0.4, -0.2) is 16.1 Å². The van der Waals surface area contributed by atoms with E-state index in [9.17, 15) is 9.90 Å². The summed E-state index contributed by atoms with van der Waals surface area (Å²) in [7, 11) is 0. The zero-order chi connectivity index (χ0) is 13.1. The molecule has 1 aromatic heterocycles. The number of aromatic nitrogens is 1. The maximum Gasteiger partial charge on any atom is 0.336 e. The molecule has 1 heterocycles. The van der Waals surface area contributed by atoms with E-state index in [1.54, 1.807) is 0 Å². The number of pyridine rings is 1. The molecule has 2 atom stereocenters. The Morgan fingerprint density at radius 3 is 2.89 bits per heavy atom. The van der Waals surface area contributed by atoms with Crippen LogP contribution >= 0.6 is 0 Å². The highest BCUT2D eigenvalue weighted by atomic mass is 16.4. The van der Waals surface area contributed by atoms with Crippen molar-refractivity contribution in [2.75, 3.05) is 0 Å². The molecular weight excluding hydrogens is 238 g/mol. The van der Waals surface area contributed by atoms with Crippen molar-refractivity contribution in [3.8, 4) is 0 Å². The largest absolute Gasteiger partial charge is 0.478 e. The Hall–Kier alpha value is -1.90. The summed E-state index contributed by atoms with van der Waals surface area (Å²) < 4.78 is 0. The minimum atomic E-state index is -0.804. The first-order valence-electron chi connectivity index (χ1n) is 6.83. The van der Waals surface area contributed by atoms with Gasteiger partial charge in [-0.2, -0.15) is 0 Å². The van der Waals surface area contributed by atoms with Crippen LogP contribution in [0.1, 0.15) is 58.3 Å². The summed E-state index contributed by atoms with van der Waals surface area (Å²) in [5.41, 5.74) is 4.53. The minimum Gasteiger partial charge on any atom is -0.478 e. The average Bonchev–Trinajstić information content (AvgIpc) is 2.98. The van der Waals surface area contributed by atoms with Crippen LogP contribution in [0.2, 0.25) is 0 Å². The molecule has 96 valence electrons. The number of para-hydroxylation sites is 1. The summed E-state index contributed by atoms with van der Waals surface area (Å²) in [6.45, 7) is 2.00. The van der Waals surface area contributed by atoms with Gasteiger partial charge in [0.1, 0.15) is 0 Å². The molecule has 1 saturated carbocycles. The lowest BCUT2D eigenvalue weighted by molar-refractivity contribution is 0.0697. The Morgan fingerprint density at radius 1 is 1.32 bits per heavy atom. The smallest absolute Gasteiger partial charge is 0.336 e. The number of nitrogens with zero attached hydrogens (tertiary/aromatic N) is 1. The number of hydrogen-bond acceptors (Lipinski definition) is 2. The molecule has 3 nitrogen and oxygen atoms in total. The molecule has 0 radical (unpaired) electrons. The number of carboxylic acid groups (broad SMARTS) is 1. The molecule has 3 heteroatoms. The van der Waals surface area contributed by atoms with Crippen molar-refractivity contribution < 1.29 is 9.90 Å². The van der Waals surface area contributed by atoms with Crippen LogP contribution in [0.4, 0.5) is 0 Å². The molecule has 0 aliphatic heterocycles. The lowest BCUT2D eigenvalue weighted by Crippen LogP contribution is -2.11. The Bertz CT molecular complexity index is 720. The van der Waals surface area contributed by atoms with Crippen LogP contribution in [0.5, 0.6) is 0 Å². The normalized spacial score (nSPS) is 23.8. The van der Waals surface area contributed by atoms with Crippen LogP contribution in [-0.2, 0) is 0 Å². The van der Waals surface area contributed by atoms with E-state index in [1.807, 2.05) is 25.1 Å². The standard InChI is InChI=1S/C16H15NO2/c1-8-3-2-4-11-13(16(18)19)12-9-5-6-10(7-9)15(12)17-14(8)11/h2-4,9-10H,5-7H2,1H3,(H,18,19). The van der Waals surface area contributed by atoms with Crippen LogP contribution in [0.3, 0.4) is 0 Å². The zero-order valence-corrected chi connectivity index (χ0v) is 10.8. The molecule has 2 unspecified atom stereocenters. The number of hydrogen-bond donors (Lipinski definition) is 1. The van der Waals surface area contributed by atoms with Crippen molar-refractivity contribution in [3.05, 3.63) is 40.6 Å². The van der Waals surface area contributed by atoms with Crippen LogP contribution < -0.4 is 0 Å². The topological polar surface area (TPSA) is 50.2 Å². The van der Waals surface area contributed by atoms with Crippen LogP contribution in [0.25, 0.3) is 10.9 Å². The molecule has 2 aliphatic rings. The van der Waals surface area contributed by atoms with Gasteiger partial charge in [0.25, 0.3) is 0 Å². The lowest BCUT2D eigenvalue weighted by atomic mass is 9.89. The highest BCUT2D eigenvalue weighted by molar-refractivity contribution is 6.05. The lowest BCUT2D eigenvalue weighted by Gasteiger charge is -2.19. The van der Waals surface area contributed by atoms with E-state index in [1.165, 1.54) is 6.42 Å². The molecule has 1 aromatic carbocycles. The van der Waals surface area contributed by atoms with Gasteiger partial charge in [0.2, 0.25) is 0 Å². The Balaban J connectivity index is 2.17. The number of fused-ring (bicyclic) bond motifs is 6. The van der Waals surface area contributed by atoms with E-state index in [0.717, 1.165) is 40.6 Å². The van der Waals surface area contributed by atoms with E-state index in [2.05, 4.69) is 0 Å². The summed E-state index contributed by atoms with van der Waals surface area (Å²) in [5, 5.41) is 10.4. The molecule has 2 aromatic rings. The zero-order valence-electron chi connectivity index (χ0n) is 10.8. The monoisotopic (exact) mass is 253 g/mol. The maximum atomic E-state index is 11.7. The first-order chi connectivity index (χ1) is 9.16. The van der Waals surface area contributed by atoms with Crippen molar-refractivity contribution in [1.82, 2.24) is 4.98 Å². The van der Waals surface area contributed by atoms with E-state index in [-0.39, 0.29) is 0 Å². The predicted molar refractivity (Wildman–Crippen MR) is 72.8 cm³/mol. The Labute approximate surface area is 111 Å².